The third-order valence-electron chi connectivity index (χ3n) is 7.10. The van der Waals surface area contributed by atoms with Crippen molar-refractivity contribution in [1.82, 2.24) is 20.0 Å². The number of piperazine rings is 1. The second-order valence-corrected chi connectivity index (χ2v) is 11.4. The van der Waals surface area contributed by atoms with Crippen LogP contribution in [0.2, 0.25) is 0 Å². The first-order chi connectivity index (χ1) is 16.8. The van der Waals surface area contributed by atoms with Gasteiger partial charge in [0.15, 0.2) is 0 Å². The molecule has 12 heteroatoms. The number of benzene rings is 2. The summed E-state index contributed by atoms with van der Waals surface area (Å²) in [7, 11) is 1.83. The van der Waals surface area contributed by atoms with Crippen LogP contribution < -0.4 is 5.32 Å². The highest BCUT2D eigenvalue weighted by atomic mass is 79.9. The Balaban J connectivity index is 0.00000241. The van der Waals surface area contributed by atoms with Crippen molar-refractivity contribution < 1.29 is 14.3 Å². The highest BCUT2D eigenvalue weighted by Gasteiger charge is 2.36. The number of aliphatic hydroxyl groups is 1. The van der Waals surface area contributed by atoms with Gasteiger partial charge >= 0.3 is 0 Å². The van der Waals surface area contributed by atoms with Crippen LogP contribution in [0.4, 0.5) is 4.39 Å². The van der Waals surface area contributed by atoms with Crippen molar-refractivity contribution in [2.45, 2.75) is 24.4 Å². The Morgan fingerprint density at radius 2 is 1.76 bits per heavy atom. The Bertz CT molecular complexity index is 998. The molecule has 38 heavy (non-hydrogen) atoms. The number of likely N-dealkylation sites (N-methyl/N-ethyl adjacent to an activating group) is 1. The Morgan fingerprint density at radius 1 is 1.13 bits per heavy atom. The number of carbonyl (C=O) groups excluding carboxylic acids is 1. The number of likely N-dealkylation sites (tertiary alicyclic amines) is 1. The minimum absolute atomic E-state index is 0. The van der Waals surface area contributed by atoms with Gasteiger partial charge in [0.05, 0.1) is 6.61 Å². The number of hydrogen-bond donors (Lipinski definition) is 2. The molecule has 2 atom stereocenters. The Labute approximate surface area is 260 Å². The molecule has 2 aliphatic rings. The van der Waals surface area contributed by atoms with E-state index in [2.05, 4.69) is 47.0 Å². The fourth-order valence-electron chi connectivity index (χ4n) is 5.11. The van der Waals surface area contributed by atoms with Gasteiger partial charge in [-0.1, -0.05) is 44.0 Å². The zero-order valence-corrected chi connectivity index (χ0v) is 26.8. The summed E-state index contributed by atoms with van der Waals surface area (Å²) in [5.41, 5.74) is 1.66. The number of amides is 1. The molecule has 2 aliphatic heterocycles. The van der Waals surface area contributed by atoms with Crippen LogP contribution in [0.3, 0.4) is 0 Å². The molecule has 2 heterocycles. The van der Waals surface area contributed by atoms with Gasteiger partial charge in [-0.3, -0.25) is 9.69 Å². The van der Waals surface area contributed by atoms with Gasteiger partial charge in [-0.15, -0.1) is 37.2 Å². The van der Waals surface area contributed by atoms with Gasteiger partial charge in [0, 0.05) is 78.8 Å². The maximum Gasteiger partial charge on any atom is 0.253 e. The number of rotatable bonds is 9. The van der Waals surface area contributed by atoms with Crippen LogP contribution >= 0.6 is 69.1 Å². The van der Waals surface area contributed by atoms with E-state index in [4.69, 9.17) is 0 Å². The van der Waals surface area contributed by atoms with Gasteiger partial charge in [-0.05, 0) is 48.9 Å². The smallest absolute Gasteiger partial charge is 0.253 e. The van der Waals surface area contributed by atoms with Crippen molar-refractivity contribution in [2.24, 2.45) is 0 Å². The molecule has 0 aliphatic carbocycles. The van der Waals surface area contributed by atoms with Crippen molar-refractivity contribution in [3.8, 4) is 0 Å². The van der Waals surface area contributed by atoms with Crippen LogP contribution in [0.5, 0.6) is 0 Å². The summed E-state index contributed by atoms with van der Waals surface area (Å²) in [6, 6.07) is 12.9. The average Bonchev–Trinajstić information content (AvgIpc) is 2.82. The normalized spacial score (nSPS) is 18.8. The number of halogens is 6. The molecule has 2 saturated heterocycles. The van der Waals surface area contributed by atoms with Gasteiger partial charge in [-0.25, -0.2) is 4.39 Å². The molecule has 0 saturated carbocycles. The molecule has 2 fully saturated rings. The van der Waals surface area contributed by atoms with Crippen molar-refractivity contribution in [2.75, 3.05) is 59.5 Å². The van der Waals surface area contributed by atoms with Gasteiger partial charge in [0.1, 0.15) is 5.82 Å². The molecule has 4 rings (SSSR count). The van der Waals surface area contributed by atoms with E-state index in [0.29, 0.717) is 18.2 Å². The molecule has 0 radical (unpaired) electrons. The molecule has 2 aromatic rings. The van der Waals surface area contributed by atoms with E-state index < -0.39 is 0 Å². The van der Waals surface area contributed by atoms with Gasteiger partial charge in [-0.2, -0.15) is 0 Å². The zero-order chi connectivity index (χ0) is 24.9. The average molecular weight is 722 g/mol. The first-order valence-corrected chi connectivity index (χ1v) is 13.7. The summed E-state index contributed by atoms with van der Waals surface area (Å²) in [5.74, 6) is -0.198. The summed E-state index contributed by atoms with van der Waals surface area (Å²) in [6.45, 7) is 6.42. The molecule has 2 aromatic carbocycles. The number of nitrogens with zero attached hydrogens (tertiary/aromatic N) is 3. The molecule has 0 bridgehead atoms. The van der Waals surface area contributed by atoms with E-state index in [1.54, 1.807) is 4.90 Å². The van der Waals surface area contributed by atoms with Crippen molar-refractivity contribution in [3.63, 3.8) is 0 Å². The van der Waals surface area contributed by atoms with Crippen LogP contribution in [0.1, 0.15) is 28.3 Å². The zero-order valence-electron chi connectivity index (χ0n) is 21.2. The lowest BCUT2D eigenvalue weighted by molar-refractivity contribution is -0.0180. The second kappa shape index (κ2) is 16.7. The molecule has 6 nitrogen and oxygen atoms in total. The van der Waals surface area contributed by atoms with Crippen LogP contribution in [0.25, 0.3) is 0 Å². The maximum atomic E-state index is 13.6. The number of aliphatic hydroxyl groups excluding tert-OH is 1. The molecule has 214 valence electrons. The lowest BCUT2D eigenvalue weighted by Crippen LogP contribution is -2.66. The van der Waals surface area contributed by atoms with E-state index in [9.17, 15) is 14.3 Å². The van der Waals surface area contributed by atoms with Crippen LogP contribution in [-0.4, -0.2) is 97.3 Å². The Morgan fingerprint density at radius 3 is 2.37 bits per heavy atom. The topological polar surface area (TPSA) is 59.1 Å². The van der Waals surface area contributed by atoms with Crippen molar-refractivity contribution in [1.29, 1.82) is 0 Å². The summed E-state index contributed by atoms with van der Waals surface area (Å²) in [6.07, 6.45) is 0.878. The van der Waals surface area contributed by atoms with E-state index in [0.717, 1.165) is 60.2 Å². The highest BCUT2D eigenvalue weighted by Crippen LogP contribution is 2.26. The third-order valence-corrected chi connectivity index (χ3v) is 8.01. The molecule has 0 spiro atoms. The van der Waals surface area contributed by atoms with E-state index in [1.807, 2.05) is 37.4 Å². The molecular weight excluding hydrogens is 685 g/mol. The molecule has 0 aromatic heterocycles. The quantitative estimate of drug-likeness (QED) is 0.390. The van der Waals surface area contributed by atoms with E-state index in [1.165, 1.54) is 12.1 Å². The minimum Gasteiger partial charge on any atom is -0.395 e. The summed E-state index contributed by atoms with van der Waals surface area (Å²) >= 11 is 6.92. The Hall–Kier alpha value is -0.490. The molecule has 1 amide bonds. The number of hydrogen-bond acceptors (Lipinski definition) is 5. The van der Waals surface area contributed by atoms with Crippen LogP contribution in [0, 0.1) is 5.82 Å². The second-order valence-electron chi connectivity index (χ2n) is 9.57. The third kappa shape index (κ3) is 9.28. The van der Waals surface area contributed by atoms with Crippen molar-refractivity contribution in [3.05, 3.63) is 68.4 Å². The molecule has 2 N–H and O–H groups in total. The molecular formula is C26H36Br2Cl3FN4O2. The van der Waals surface area contributed by atoms with E-state index >= 15 is 0 Å². The summed E-state index contributed by atoms with van der Waals surface area (Å²) in [4.78, 5) is 19.8. The fraction of sp³-hybridized carbons (Fsp3) is 0.500. The van der Waals surface area contributed by atoms with E-state index in [-0.39, 0.29) is 67.5 Å². The monoisotopic (exact) mass is 718 g/mol. The first-order valence-electron chi connectivity index (χ1n) is 12.1. The lowest BCUT2D eigenvalue weighted by atomic mass is 9.93. The lowest BCUT2D eigenvalue weighted by Gasteiger charge is -2.50. The summed E-state index contributed by atoms with van der Waals surface area (Å²) < 4.78 is 15.3. The Kier molecular flexibility index (Phi) is 15.6. The summed E-state index contributed by atoms with van der Waals surface area (Å²) in [5, 5.41) is 13.1. The van der Waals surface area contributed by atoms with Crippen LogP contribution in [0.15, 0.2) is 51.4 Å². The van der Waals surface area contributed by atoms with Gasteiger partial charge in [0.2, 0.25) is 0 Å². The highest BCUT2D eigenvalue weighted by molar-refractivity contribution is 9.11. The maximum absolute atomic E-state index is 13.6. The number of carbonyl (C=O) groups is 1. The first kappa shape index (κ1) is 35.5. The number of nitrogens with one attached hydrogen (secondary N) is 1. The predicted molar refractivity (Wildman–Crippen MR) is 165 cm³/mol. The fourth-order valence-corrected chi connectivity index (χ4v) is 6.40. The molecule has 1 unspecified atom stereocenters. The van der Waals surface area contributed by atoms with Crippen molar-refractivity contribution >= 4 is 75.0 Å². The van der Waals surface area contributed by atoms with Crippen LogP contribution in [-0.2, 0) is 0 Å². The standard InChI is InChI=1S/C26H33Br2FN4O2.3ClH/c1-31(26(35)20-10-21(27)12-22(28)11-20)14-19(18-2-4-23(29)5-3-18)6-8-32-15-25(16-32)33-9-7-30-13-24(33)17-34;;;/h2-5,10-12,19,24-25,30,34H,6-9,13-17H2,1H3;3*1H/t19-,24?;;;/m1.../s1. The van der Waals surface area contributed by atoms with Gasteiger partial charge in [0.25, 0.3) is 5.91 Å². The minimum atomic E-state index is -0.254. The largest absolute Gasteiger partial charge is 0.395 e. The SMILES string of the molecule is CN(C[C@@H](CCN1CC(N2CCNCC2CO)C1)c1ccc(F)cc1)C(=O)c1cc(Br)cc(Br)c1.Cl.Cl.Cl. The predicted octanol–water partition coefficient (Wildman–Crippen LogP) is 4.81. The van der Waals surface area contributed by atoms with Gasteiger partial charge < -0.3 is 20.2 Å².